The lowest BCUT2D eigenvalue weighted by Gasteiger charge is -2.34. The highest BCUT2D eigenvalue weighted by molar-refractivity contribution is 4.80. The van der Waals surface area contributed by atoms with Crippen molar-refractivity contribution in [3.8, 4) is 0 Å². The van der Waals surface area contributed by atoms with Gasteiger partial charge in [0, 0.05) is 12.1 Å². The Kier molecular flexibility index (Phi) is 5.58. The molecule has 0 amide bonds. The van der Waals surface area contributed by atoms with E-state index in [0.717, 1.165) is 12.3 Å². The van der Waals surface area contributed by atoms with E-state index in [1.54, 1.807) is 0 Å². The molecule has 90 valence electrons. The fourth-order valence-electron chi connectivity index (χ4n) is 2.34. The summed E-state index contributed by atoms with van der Waals surface area (Å²) < 4.78 is 0. The van der Waals surface area contributed by atoms with Crippen molar-refractivity contribution >= 4 is 0 Å². The number of likely N-dealkylation sites (tertiary alicyclic amines) is 1. The molecule has 0 aromatic rings. The maximum atomic E-state index is 9.14. The summed E-state index contributed by atoms with van der Waals surface area (Å²) in [5.74, 6) is 0.779. The molecule has 2 N–H and O–H groups in total. The van der Waals surface area contributed by atoms with Crippen LogP contribution in [0.25, 0.3) is 0 Å². The molecule has 0 aromatic heterocycles. The maximum Gasteiger partial charge on any atom is 0.0584 e. The van der Waals surface area contributed by atoms with Gasteiger partial charge in [-0.1, -0.05) is 6.92 Å². The molecule has 1 aliphatic rings. The normalized spacial score (nSPS) is 24.0. The molecule has 15 heavy (non-hydrogen) atoms. The molecule has 1 heterocycles. The maximum absolute atomic E-state index is 9.14. The molecule has 0 bridgehead atoms. The Morgan fingerprint density at radius 3 is 2.47 bits per heavy atom. The van der Waals surface area contributed by atoms with E-state index < -0.39 is 0 Å². The molecule has 0 saturated carbocycles. The van der Waals surface area contributed by atoms with Crippen molar-refractivity contribution in [3.05, 3.63) is 0 Å². The van der Waals surface area contributed by atoms with E-state index in [4.69, 9.17) is 5.11 Å². The van der Waals surface area contributed by atoms with E-state index in [-0.39, 0.29) is 12.6 Å². The Bertz CT molecular complexity index is 163. The molecule has 1 unspecified atom stereocenters. The summed E-state index contributed by atoms with van der Waals surface area (Å²) in [6, 6.07) is 0.815. The topological polar surface area (TPSA) is 35.5 Å². The van der Waals surface area contributed by atoms with Gasteiger partial charge < -0.3 is 15.3 Å². The zero-order valence-corrected chi connectivity index (χ0v) is 10.4. The Hall–Kier alpha value is -0.120. The molecule has 0 spiro atoms. The first-order chi connectivity index (χ1) is 7.17. The summed E-state index contributed by atoms with van der Waals surface area (Å²) in [5.41, 5.74) is 0. The minimum absolute atomic E-state index is 0.257. The highest BCUT2D eigenvalue weighted by atomic mass is 16.3. The van der Waals surface area contributed by atoms with Gasteiger partial charge in [-0.3, -0.25) is 0 Å². The predicted octanol–water partition coefficient (Wildman–Crippen LogP) is 1.08. The highest BCUT2D eigenvalue weighted by Crippen LogP contribution is 2.19. The molecular weight excluding hydrogens is 188 g/mol. The molecule has 0 aliphatic carbocycles. The number of nitrogens with zero attached hydrogens (tertiary/aromatic N) is 1. The quantitative estimate of drug-likeness (QED) is 0.719. The first-order valence-corrected chi connectivity index (χ1v) is 6.22. The summed E-state index contributed by atoms with van der Waals surface area (Å²) in [7, 11) is 2.19. The monoisotopic (exact) mass is 214 g/mol. The van der Waals surface area contributed by atoms with E-state index in [1.807, 2.05) is 0 Å². The molecule has 1 aliphatic heterocycles. The zero-order valence-electron chi connectivity index (χ0n) is 10.4. The molecular formula is C12H26N2O. The van der Waals surface area contributed by atoms with Gasteiger partial charge in [0.15, 0.2) is 0 Å². The number of hydrogen-bond donors (Lipinski definition) is 2. The molecule has 2 atom stereocenters. The van der Waals surface area contributed by atoms with Gasteiger partial charge in [0.1, 0.15) is 0 Å². The van der Waals surface area contributed by atoms with Crippen LogP contribution in [0.4, 0.5) is 0 Å². The third-order valence-corrected chi connectivity index (χ3v) is 3.68. The van der Waals surface area contributed by atoms with Crippen LogP contribution >= 0.6 is 0 Å². The minimum Gasteiger partial charge on any atom is -0.395 e. The van der Waals surface area contributed by atoms with Crippen molar-refractivity contribution in [1.29, 1.82) is 0 Å². The van der Waals surface area contributed by atoms with Gasteiger partial charge in [-0.05, 0) is 52.2 Å². The average molecular weight is 214 g/mol. The van der Waals surface area contributed by atoms with Crippen LogP contribution in [0.1, 0.15) is 33.1 Å². The van der Waals surface area contributed by atoms with Crippen molar-refractivity contribution in [2.45, 2.75) is 45.2 Å². The summed E-state index contributed by atoms with van der Waals surface area (Å²) in [4.78, 5) is 2.40. The highest BCUT2D eigenvalue weighted by Gasteiger charge is 2.23. The molecule has 3 heteroatoms. The predicted molar refractivity (Wildman–Crippen MR) is 64.0 cm³/mol. The smallest absolute Gasteiger partial charge is 0.0584 e. The number of nitrogens with one attached hydrogen (secondary N) is 1. The van der Waals surface area contributed by atoms with Crippen LogP contribution in [0.5, 0.6) is 0 Å². The van der Waals surface area contributed by atoms with Crippen LogP contribution in [0, 0.1) is 5.92 Å². The second-order valence-electron chi connectivity index (χ2n) is 4.88. The lowest BCUT2D eigenvalue weighted by atomic mass is 9.90. The SMILES string of the molecule is CC[C@H](CO)NC(C)C1CCN(C)CC1. The number of hydrogen-bond acceptors (Lipinski definition) is 3. The van der Waals surface area contributed by atoms with Gasteiger partial charge in [0.05, 0.1) is 6.61 Å². The van der Waals surface area contributed by atoms with Crippen molar-refractivity contribution in [2.75, 3.05) is 26.7 Å². The van der Waals surface area contributed by atoms with E-state index >= 15 is 0 Å². The van der Waals surface area contributed by atoms with Crippen LogP contribution < -0.4 is 5.32 Å². The van der Waals surface area contributed by atoms with Crippen molar-refractivity contribution in [3.63, 3.8) is 0 Å². The standard InChI is InChI=1S/C12H26N2O/c1-4-12(9-15)13-10(2)11-5-7-14(3)8-6-11/h10-13,15H,4-9H2,1-3H3/t10?,12-/m1/s1. The second-order valence-corrected chi connectivity index (χ2v) is 4.88. The third kappa shape index (κ3) is 4.09. The first kappa shape index (κ1) is 12.9. The fourth-order valence-corrected chi connectivity index (χ4v) is 2.34. The molecule has 3 nitrogen and oxygen atoms in total. The van der Waals surface area contributed by atoms with Gasteiger partial charge in [-0.25, -0.2) is 0 Å². The third-order valence-electron chi connectivity index (χ3n) is 3.68. The van der Waals surface area contributed by atoms with Crippen molar-refractivity contribution < 1.29 is 5.11 Å². The van der Waals surface area contributed by atoms with E-state index in [1.165, 1.54) is 25.9 Å². The lowest BCUT2D eigenvalue weighted by Crippen LogP contribution is -2.45. The summed E-state index contributed by atoms with van der Waals surface area (Å²) in [6.07, 6.45) is 3.58. The van der Waals surface area contributed by atoms with Crippen molar-refractivity contribution in [2.24, 2.45) is 5.92 Å². The summed E-state index contributed by atoms with van der Waals surface area (Å²) in [5, 5.41) is 12.7. The number of rotatable bonds is 5. The molecule has 0 aromatic carbocycles. The van der Waals surface area contributed by atoms with Crippen LogP contribution in [0.3, 0.4) is 0 Å². The van der Waals surface area contributed by atoms with Crippen molar-refractivity contribution in [1.82, 2.24) is 10.2 Å². The summed E-state index contributed by atoms with van der Waals surface area (Å²) >= 11 is 0. The van der Waals surface area contributed by atoms with Gasteiger partial charge in [0.25, 0.3) is 0 Å². The van der Waals surface area contributed by atoms with Gasteiger partial charge >= 0.3 is 0 Å². The Labute approximate surface area is 93.9 Å². The second kappa shape index (κ2) is 6.46. The van der Waals surface area contributed by atoms with E-state index in [2.05, 4.69) is 31.1 Å². The van der Waals surface area contributed by atoms with E-state index in [9.17, 15) is 0 Å². The van der Waals surface area contributed by atoms with Crippen LogP contribution in [0.15, 0.2) is 0 Å². The van der Waals surface area contributed by atoms with E-state index in [0.29, 0.717) is 6.04 Å². The average Bonchev–Trinajstić information content (AvgIpc) is 2.26. The Balaban J connectivity index is 2.30. The fraction of sp³-hybridized carbons (Fsp3) is 1.00. The van der Waals surface area contributed by atoms with Gasteiger partial charge in [0.2, 0.25) is 0 Å². The molecule has 1 fully saturated rings. The molecule has 1 saturated heterocycles. The van der Waals surface area contributed by atoms with Crippen LogP contribution in [-0.4, -0.2) is 48.8 Å². The summed E-state index contributed by atoms with van der Waals surface area (Å²) in [6.45, 7) is 7.07. The number of piperidine rings is 1. The lowest BCUT2D eigenvalue weighted by molar-refractivity contribution is 0.166. The largest absolute Gasteiger partial charge is 0.395 e. The van der Waals surface area contributed by atoms with Crippen LogP contribution in [0.2, 0.25) is 0 Å². The first-order valence-electron chi connectivity index (χ1n) is 6.22. The molecule has 1 rings (SSSR count). The minimum atomic E-state index is 0.257. The Morgan fingerprint density at radius 2 is 2.00 bits per heavy atom. The van der Waals surface area contributed by atoms with Crippen LogP contribution in [-0.2, 0) is 0 Å². The number of aliphatic hydroxyl groups excluding tert-OH is 1. The Morgan fingerprint density at radius 1 is 1.40 bits per heavy atom. The van der Waals surface area contributed by atoms with Gasteiger partial charge in [-0.15, -0.1) is 0 Å². The van der Waals surface area contributed by atoms with Gasteiger partial charge in [-0.2, -0.15) is 0 Å². The zero-order chi connectivity index (χ0) is 11.3. The number of aliphatic hydroxyl groups is 1. The molecule has 0 radical (unpaired) electrons.